The maximum atomic E-state index is 12.2. The van der Waals surface area contributed by atoms with Crippen LogP contribution in [0.2, 0.25) is 5.02 Å². The zero-order chi connectivity index (χ0) is 16.8. The summed E-state index contributed by atoms with van der Waals surface area (Å²) in [5.74, 6) is -0.0981. The van der Waals surface area contributed by atoms with Gasteiger partial charge in [-0.3, -0.25) is 9.59 Å². The Kier molecular flexibility index (Phi) is 6.42. The maximum absolute atomic E-state index is 12.2. The van der Waals surface area contributed by atoms with E-state index < -0.39 is 0 Å². The van der Waals surface area contributed by atoms with Gasteiger partial charge in [0.25, 0.3) is 11.8 Å². The summed E-state index contributed by atoms with van der Waals surface area (Å²) in [6.45, 7) is 2.09. The highest BCUT2D eigenvalue weighted by Crippen LogP contribution is 2.17. The number of carbonyl (C=O) groups excluding carboxylic acids is 2. The minimum absolute atomic E-state index is 0.0219. The van der Waals surface area contributed by atoms with Crippen LogP contribution in [0.4, 0.5) is 5.69 Å². The molecule has 0 heterocycles. The summed E-state index contributed by atoms with van der Waals surface area (Å²) in [6.07, 6.45) is 4.50. The first kappa shape index (κ1) is 17.8. The molecule has 23 heavy (non-hydrogen) atoms. The molecule has 0 aliphatic heterocycles. The summed E-state index contributed by atoms with van der Waals surface area (Å²) in [5, 5.41) is 6.53. The molecule has 1 aromatic rings. The van der Waals surface area contributed by atoms with Crippen molar-refractivity contribution < 1.29 is 14.5 Å². The molecule has 1 fully saturated rings. The van der Waals surface area contributed by atoms with Crippen LogP contribution in [0.5, 0.6) is 0 Å². The van der Waals surface area contributed by atoms with Crippen LogP contribution in [-0.4, -0.2) is 37.5 Å². The second kappa shape index (κ2) is 8.31. The fourth-order valence-electron chi connectivity index (χ4n) is 2.76. The molecule has 2 atom stereocenters. The van der Waals surface area contributed by atoms with Crippen molar-refractivity contribution in [3.8, 4) is 0 Å². The summed E-state index contributed by atoms with van der Waals surface area (Å²) in [4.78, 5) is 25.2. The monoisotopic (exact) mass is 338 g/mol. The van der Waals surface area contributed by atoms with Gasteiger partial charge >= 0.3 is 0 Å². The molecule has 2 amide bonds. The number of anilines is 1. The van der Waals surface area contributed by atoms with Gasteiger partial charge in [-0.05, 0) is 44.0 Å². The number of carbonyl (C=O) groups is 2. The number of nitrogens with one attached hydrogen (secondary N) is 3. The van der Waals surface area contributed by atoms with Crippen LogP contribution in [0.1, 0.15) is 32.6 Å². The van der Waals surface area contributed by atoms with E-state index in [1.54, 1.807) is 24.3 Å². The topological polar surface area (TPSA) is 62.6 Å². The Labute approximate surface area is 142 Å². The molecule has 1 aromatic carbocycles. The van der Waals surface area contributed by atoms with Crippen LogP contribution < -0.4 is 15.5 Å². The normalized spacial score (nSPS) is 17.5. The third-order valence-electron chi connectivity index (χ3n) is 4.40. The maximum Gasteiger partial charge on any atom is 0.279 e. The number of benzene rings is 1. The quantitative estimate of drug-likeness (QED) is 0.731. The molecule has 0 bridgehead atoms. The van der Waals surface area contributed by atoms with Crippen LogP contribution in [0.15, 0.2) is 24.3 Å². The number of likely N-dealkylation sites (N-methyl/N-ethyl adjacent to an activating group) is 1. The first-order valence-electron chi connectivity index (χ1n) is 8.14. The van der Waals surface area contributed by atoms with Gasteiger partial charge in [0, 0.05) is 16.8 Å². The molecular weight excluding hydrogens is 314 g/mol. The van der Waals surface area contributed by atoms with E-state index in [1.807, 2.05) is 14.0 Å². The molecule has 0 radical (unpaired) electrons. The summed E-state index contributed by atoms with van der Waals surface area (Å²) < 4.78 is 0. The van der Waals surface area contributed by atoms with E-state index in [9.17, 15) is 9.59 Å². The van der Waals surface area contributed by atoms with E-state index in [0.717, 1.165) is 17.7 Å². The second-order valence-electron chi connectivity index (χ2n) is 6.29. The molecular formula is C17H25ClN3O2+. The highest BCUT2D eigenvalue weighted by molar-refractivity contribution is 6.30. The van der Waals surface area contributed by atoms with Gasteiger partial charge in [0.15, 0.2) is 12.6 Å². The first-order valence-corrected chi connectivity index (χ1v) is 8.51. The highest BCUT2D eigenvalue weighted by Gasteiger charge is 2.26. The van der Waals surface area contributed by atoms with Gasteiger partial charge in [-0.1, -0.05) is 24.4 Å². The second-order valence-corrected chi connectivity index (χ2v) is 6.73. The molecule has 0 saturated heterocycles. The average molecular weight is 339 g/mol. The van der Waals surface area contributed by atoms with Gasteiger partial charge in [0.05, 0.1) is 7.05 Å². The molecule has 1 aliphatic rings. The molecule has 5 nitrogen and oxygen atoms in total. The van der Waals surface area contributed by atoms with Crippen molar-refractivity contribution in [1.29, 1.82) is 0 Å². The Bertz CT molecular complexity index is 541. The number of hydrogen-bond acceptors (Lipinski definition) is 2. The van der Waals surface area contributed by atoms with Gasteiger partial charge in [-0.25, -0.2) is 0 Å². The lowest BCUT2D eigenvalue weighted by atomic mass is 10.2. The summed E-state index contributed by atoms with van der Waals surface area (Å²) >= 11 is 5.82. The van der Waals surface area contributed by atoms with Crippen LogP contribution in [-0.2, 0) is 9.59 Å². The fourth-order valence-corrected chi connectivity index (χ4v) is 2.89. The standard InChI is InChI=1S/C17H24ClN3O2/c1-12(17(23)20-14-5-3-4-6-14)21(2)11-16(22)19-15-9-7-13(18)8-10-15/h7-10,12,14H,3-6,11H2,1-2H3,(H,19,22)(H,20,23)/p+1/t12-/m1/s1. The summed E-state index contributed by atoms with van der Waals surface area (Å²) in [5.41, 5.74) is 0.704. The molecule has 126 valence electrons. The third kappa shape index (κ3) is 5.52. The van der Waals surface area contributed by atoms with Gasteiger partial charge in [0.1, 0.15) is 0 Å². The van der Waals surface area contributed by atoms with Gasteiger partial charge in [0.2, 0.25) is 0 Å². The average Bonchev–Trinajstić information content (AvgIpc) is 3.01. The predicted octanol–water partition coefficient (Wildman–Crippen LogP) is 1.24. The zero-order valence-corrected chi connectivity index (χ0v) is 14.5. The molecule has 6 heteroatoms. The van der Waals surface area contributed by atoms with Crippen LogP contribution in [0.25, 0.3) is 0 Å². The molecule has 0 spiro atoms. The Balaban J connectivity index is 1.79. The molecule has 3 N–H and O–H groups in total. The van der Waals surface area contributed by atoms with E-state index in [1.165, 1.54) is 12.8 Å². The van der Waals surface area contributed by atoms with Crippen LogP contribution in [0, 0.1) is 0 Å². The van der Waals surface area contributed by atoms with E-state index in [4.69, 9.17) is 11.6 Å². The van der Waals surface area contributed by atoms with E-state index >= 15 is 0 Å². The predicted molar refractivity (Wildman–Crippen MR) is 91.7 cm³/mol. The smallest absolute Gasteiger partial charge is 0.279 e. The zero-order valence-electron chi connectivity index (χ0n) is 13.7. The number of amides is 2. The van der Waals surface area contributed by atoms with E-state index in [0.29, 0.717) is 16.8 Å². The van der Waals surface area contributed by atoms with Gasteiger partial charge in [-0.2, -0.15) is 0 Å². The van der Waals surface area contributed by atoms with Crippen LogP contribution >= 0.6 is 11.6 Å². The van der Waals surface area contributed by atoms with Gasteiger partial charge < -0.3 is 15.5 Å². The van der Waals surface area contributed by atoms with Crippen molar-refractivity contribution in [2.45, 2.75) is 44.7 Å². The van der Waals surface area contributed by atoms with Crippen LogP contribution in [0.3, 0.4) is 0 Å². The highest BCUT2D eigenvalue weighted by atomic mass is 35.5. The minimum Gasteiger partial charge on any atom is -0.348 e. The van der Waals surface area contributed by atoms with Crippen molar-refractivity contribution in [2.75, 3.05) is 18.9 Å². The van der Waals surface area contributed by atoms with E-state index in [2.05, 4.69) is 10.6 Å². The Hall–Kier alpha value is -1.59. The lowest BCUT2D eigenvalue weighted by Crippen LogP contribution is -3.15. The number of hydrogen-bond donors (Lipinski definition) is 3. The molecule has 1 unspecified atom stereocenters. The fraction of sp³-hybridized carbons (Fsp3) is 0.529. The molecule has 2 rings (SSSR count). The summed E-state index contributed by atoms with van der Waals surface area (Å²) in [7, 11) is 1.86. The van der Waals surface area contributed by atoms with E-state index in [-0.39, 0.29) is 24.4 Å². The Morgan fingerprint density at radius 1 is 1.26 bits per heavy atom. The lowest BCUT2D eigenvalue weighted by Gasteiger charge is -2.22. The molecule has 1 saturated carbocycles. The SMILES string of the molecule is C[C@H](C(=O)NC1CCCC1)[NH+](C)CC(=O)Nc1ccc(Cl)cc1. The van der Waals surface area contributed by atoms with Crippen molar-refractivity contribution in [2.24, 2.45) is 0 Å². The molecule has 1 aliphatic carbocycles. The van der Waals surface area contributed by atoms with Crippen molar-refractivity contribution in [1.82, 2.24) is 5.32 Å². The van der Waals surface area contributed by atoms with Crippen molar-refractivity contribution >= 4 is 29.1 Å². The number of rotatable bonds is 6. The Morgan fingerprint density at radius 3 is 2.48 bits per heavy atom. The number of halogens is 1. The first-order chi connectivity index (χ1) is 11.0. The van der Waals surface area contributed by atoms with Crippen molar-refractivity contribution in [3.05, 3.63) is 29.3 Å². The minimum atomic E-state index is -0.258. The molecule has 0 aromatic heterocycles. The number of quaternary nitrogens is 1. The largest absolute Gasteiger partial charge is 0.348 e. The van der Waals surface area contributed by atoms with Gasteiger partial charge in [-0.15, -0.1) is 0 Å². The third-order valence-corrected chi connectivity index (χ3v) is 4.65. The lowest BCUT2D eigenvalue weighted by molar-refractivity contribution is -0.885. The summed E-state index contributed by atoms with van der Waals surface area (Å²) in [6, 6.07) is 7.02. The van der Waals surface area contributed by atoms with Crippen molar-refractivity contribution in [3.63, 3.8) is 0 Å². The Morgan fingerprint density at radius 2 is 1.87 bits per heavy atom.